The van der Waals surface area contributed by atoms with Crippen molar-refractivity contribution in [3.8, 4) is 0 Å². The Morgan fingerprint density at radius 1 is 1.19 bits per heavy atom. The van der Waals surface area contributed by atoms with Crippen LogP contribution in [0.25, 0.3) is 0 Å². The van der Waals surface area contributed by atoms with Crippen LogP contribution in [0.15, 0.2) is 41.3 Å². The third-order valence-electron chi connectivity index (χ3n) is 4.68. The summed E-state index contributed by atoms with van der Waals surface area (Å²) >= 11 is 0. The molecular weight excluding hydrogens is 350 g/mol. The van der Waals surface area contributed by atoms with Crippen molar-refractivity contribution in [1.29, 1.82) is 0 Å². The fourth-order valence-electron chi connectivity index (χ4n) is 3.07. The first kappa shape index (κ1) is 18.3. The maximum absolute atomic E-state index is 12.8. The summed E-state index contributed by atoms with van der Waals surface area (Å²) in [5.41, 5.74) is 4.13. The number of sulfonamides is 1. The Hall–Kier alpha value is -2.54. The molecule has 3 rings (SSSR count). The molecule has 1 aliphatic rings. The van der Waals surface area contributed by atoms with Gasteiger partial charge < -0.3 is 5.32 Å². The highest BCUT2D eigenvalue weighted by atomic mass is 32.2. The number of benzene rings is 2. The highest BCUT2D eigenvalue weighted by Crippen LogP contribution is 2.31. The van der Waals surface area contributed by atoms with Gasteiger partial charge in [-0.15, -0.1) is 0 Å². The number of nitrogens with zero attached hydrogens (tertiary/aromatic N) is 1. The number of anilines is 2. The first-order valence-corrected chi connectivity index (χ1v) is 10.1. The van der Waals surface area contributed by atoms with Gasteiger partial charge in [0.15, 0.2) is 0 Å². The number of hydrogen-bond acceptors (Lipinski definition) is 3. The molecule has 1 aliphatic heterocycles. The molecule has 0 radical (unpaired) electrons. The van der Waals surface area contributed by atoms with Gasteiger partial charge in [-0.2, -0.15) is 0 Å². The molecule has 2 amide bonds. The Labute approximate surface area is 154 Å². The SMILES string of the molecule is CCNC(=O)N1CCc2cc(S(=O)(=O)Nc3cccc(C)c3C)ccc21. The van der Waals surface area contributed by atoms with Crippen LogP contribution >= 0.6 is 0 Å². The van der Waals surface area contributed by atoms with Gasteiger partial charge in [0.25, 0.3) is 10.0 Å². The number of urea groups is 1. The lowest BCUT2D eigenvalue weighted by Crippen LogP contribution is -2.38. The Morgan fingerprint density at radius 2 is 1.96 bits per heavy atom. The zero-order valence-corrected chi connectivity index (χ0v) is 16.0. The largest absolute Gasteiger partial charge is 0.338 e. The van der Waals surface area contributed by atoms with E-state index in [2.05, 4.69) is 10.0 Å². The summed E-state index contributed by atoms with van der Waals surface area (Å²) in [7, 11) is -3.69. The molecule has 0 unspecified atom stereocenters. The average molecular weight is 373 g/mol. The fraction of sp³-hybridized carbons (Fsp3) is 0.316. The Balaban J connectivity index is 1.88. The molecule has 0 aromatic heterocycles. The number of carbonyl (C=O) groups is 1. The molecule has 0 saturated carbocycles. The summed E-state index contributed by atoms with van der Waals surface area (Å²) in [6, 6.07) is 10.3. The predicted molar refractivity (Wildman–Crippen MR) is 103 cm³/mol. The van der Waals surface area contributed by atoms with E-state index in [1.54, 1.807) is 29.2 Å². The maximum Gasteiger partial charge on any atom is 0.321 e. The topological polar surface area (TPSA) is 78.5 Å². The van der Waals surface area contributed by atoms with E-state index in [9.17, 15) is 13.2 Å². The number of nitrogens with one attached hydrogen (secondary N) is 2. The zero-order chi connectivity index (χ0) is 18.9. The summed E-state index contributed by atoms with van der Waals surface area (Å²) in [5.74, 6) is 0. The lowest BCUT2D eigenvalue weighted by molar-refractivity contribution is 0.247. The maximum atomic E-state index is 12.8. The molecule has 0 spiro atoms. The molecule has 2 aromatic carbocycles. The number of hydrogen-bond donors (Lipinski definition) is 2. The standard InChI is InChI=1S/C19H23N3O3S/c1-4-20-19(23)22-11-10-15-12-16(8-9-18(15)22)26(24,25)21-17-7-5-6-13(2)14(17)3/h5-9,12,21H,4,10-11H2,1-3H3,(H,20,23). The van der Waals surface area contributed by atoms with Crippen LogP contribution < -0.4 is 14.9 Å². The van der Waals surface area contributed by atoms with Gasteiger partial charge in [-0.05, 0) is 68.1 Å². The van der Waals surface area contributed by atoms with E-state index in [4.69, 9.17) is 0 Å². The van der Waals surface area contributed by atoms with Crippen LogP contribution in [-0.4, -0.2) is 27.5 Å². The molecule has 26 heavy (non-hydrogen) atoms. The van der Waals surface area contributed by atoms with Gasteiger partial charge in [0.05, 0.1) is 10.6 Å². The third-order valence-corrected chi connectivity index (χ3v) is 6.04. The molecule has 0 fully saturated rings. The van der Waals surface area contributed by atoms with Crippen molar-refractivity contribution >= 4 is 27.4 Å². The molecule has 2 N–H and O–H groups in total. The molecule has 0 bridgehead atoms. The second kappa shape index (κ2) is 6.99. The van der Waals surface area contributed by atoms with E-state index in [0.29, 0.717) is 25.2 Å². The molecular formula is C19H23N3O3S. The van der Waals surface area contributed by atoms with Crippen LogP contribution in [0.2, 0.25) is 0 Å². The highest BCUT2D eigenvalue weighted by molar-refractivity contribution is 7.92. The van der Waals surface area contributed by atoms with Crippen molar-refractivity contribution in [3.63, 3.8) is 0 Å². The number of carbonyl (C=O) groups excluding carboxylic acids is 1. The average Bonchev–Trinajstić information content (AvgIpc) is 3.02. The van der Waals surface area contributed by atoms with Gasteiger partial charge >= 0.3 is 6.03 Å². The summed E-state index contributed by atoms with van der Waals surface area (Å²) < 4.78 is 28.2. The first-order valence-electron chi connectivity index (χ1n) is 8.61. The van der Waals surface area contributed by atoms with E-state index >= 15 is 0 Å². The molecule has 6 nitrogen and oxygen atoms in total. The van der Waals surface area contributed by atoms with Crippen LogP contribution in [0, 0.1) is 13.8 Å². The van der Waals surface area contributed by atoms with Crippen LogP contribution in [0.1, 0.15) is 23.6 Å². The Bertz CT molecular complexity index is 954. The lowest BCUT2D eigenvalue weighted by atomic mass is 10.1. The van der Waals surface area contributed by atoms with E-state index in [1.165, 1.54) is 0 Å². The summed E-state index contributed by atoms with van der Waals surface area (Å²) in [6.07, 6.45) is 0.638. The quantitative estimate of drug-likeness (QED) is 0.864. The number of amides is 2. The van der Waals surface area contributed by atoms with Gasteiger partial charge in [-0.3, -0.25) is 9.62 Å². The van der Waals surface area contributed by atoms with Gasteiger partial charge in [-0.25, -0.2) is 13.2 Å². The second-order valence-electron chi connectivity index (χ2n) is 6.38. The van der Waals surface area contributed by atoms with Gasteiger partial charge in [0.2, 0.25) is 0 Å². The molecule has 0 atom stereocenters. The molecule has 138 valence electrons. The fourth-order valence-corrected chi connectivity index (χ4v) is 4.24. The second-order valence-corrected chi connectivity index (χ2v) is 8.06. The third kappa shape index (κ3) is 3.39. The highest BCUT2D eigenvalue weighted by Gasteiger charge is 2.26. The van der Waals surface area contributed by atoms with Gasteiger partial charge in [0.1, 0.15) is 0 Å². The van der Waals surface area contributed by atoms with Gasteiger partial charge in [-0.1, -0.05) is 12.1 Å². The van der Waals surface area contributed by atoms with Crippen molar-refractivity contribution in [1.82, 2.24) is 5.32 Å². The monoisotopic (exact) mass is 373 g/mol. The lowest BCUT2D eigenvalue weighted by Gasteiger charge is -2.18. The van der Waals surface area contributed by atoms with Crippen molar-refractivity contribution < 1.29 is 13.2 Å². The van der Waals surface area contributed by atoms with E-state index < -0.39 is 10.0 Å². The molecule has 7 heteroatoms. The molecule has 2 aromatic rings. The van der Waals surface area contributed by atoms with Crippen molar-refractivity contribution in [2.24, 2.45) is 0 Å². The van der Waals surface area contributed by atoms with Crippen LogP contribution in [0.3, 0.4) is 0 Å². The summed E-state index contributed by atoms with van der Waals surface area (Å²) in [6.45, 7) is 6.80. The number of aryl methyl sites for hydroxylation is 1. The molecule has 1 heterocycles. The summed E-state index contributed by atoms with van der Waals surface area (Å²) in [5, 5.41) is 2.77. The van der Waals surface area contributed by atoms with Crippen molar-refractivity contribution in [3.05, 3.63) is 53.1 Å². The van der Waals surface area contributed by atoms with Crippen LogP contribution in [0.5, 0.6) is 0 Å². The Kier molecular flexibility index (Phi) is 4.91. The van der Waals surface area contributed by atoms with Crippen LogP contribution in [0.4, 0.5) is 16.2 Å². The number of fused-ring (bicyclic) bond motifs is 1. The van der Waals surface area contributed by atoms with Crippen LogP contribution in [-0.2, 0) is 16.4 Å². The molecule has 0 aliphatic carbocycles. The minimum Gasteiger partial charge on any atom is -0.338 e. The van der Waals surface area contributed by atoms with Crippen molar-refractivity contribution in [2.45, 2.75) is 32.1 Å². The first-order chi connectivity index (χ1) is 12.3. The minimum absolute atomic E-state index is 0.157. The van der Waals surface area contributed by atoms with Gasteiger partial charge in [0, 0.05) is 18.8 Å². The molecule has 0 saturated heterocycles. The smallest absolute Gasteiger partial charge is 0.321 e. The van der Waals surface area contributed by atoms with E-state index in [0.717, 1.165) is 22.4 Å². The zero-order valence-electron chi connectivity index (χ0n) is 15.2. The minimum atomic E-state index is -3.69. The Morgan fingerprint density at radius 3 is 2.69 bits per heavy atom. The number of rotatable bonds is 4. The normalized spacial score (nSPS) is 13.4. The van der Waals surface area contributed by atoms with E-state index in [-0.39, 0.29) is 10.9 Å². The van der Waals surface area contributed by atoms with Crippen molar-refractivity contribution in [2.75, 3.05) is 22.7 Å². The van der Waals surface area contributed by atoms with E-state index in [1.807, 2.05) is 32.9 Å². The summed E-state index contributed by atoms with van der Waals surface area (Å²) in [4.78, 5) is 13.9. The predicted octanol–water partition coefficient (Wildman–Crippen LogP) is 3.20.